The number of hydrogen-bond donors (Lipinski definition) is 0. The number of carbonyl (C=O) groups is 1. The van der Waals surface area contributed by atoms with Crippen LogP contribution in [0.5, 0.6) is 0 Å². The van der Waals surface area contributed by atoms with Crippen LogP contribution in [0.4, 0.5) is 0 Å². The minimum Gasteiger partial charge on any atom is -0.342 e. The van der Waals surface area contributed by atoms with E-state index in [0.29, 0.717) is 11.8 Å². The number of carbonyl (C=O) groups excluding carboxylic acids is 1. The quantitative estimate of drug-likeness (QED) is 0.716. The highest BCUT2D eigenvalue weighted by atomic mass is 79.9. The average Bonchev–Trinajstić information content (AvgIpc) is 2.76. The van der Waals surface area contributed by atoms with E-state index in [0.717, 1.165) is 24.8 Å². The molecule has 3 heteroatoms. The molecule has 0 bridgehead atoms. The Morgan fingerprint density at radius 3 is 2.71 bits per heavy atom. The van der Waals surface area contributed by atoms with Gasteiger partial charge in [0.1, 0.15) is 0 Å². The molecule has 1 heterocycles. The molecule has 2 fully saturated rings. The number of alkyl halides is 1. The zero-order chi connectivity index (χ0) is 12.5. The molecule has 2 nitrogen and oxygen atoms in total. The molecule has 1 saturated carbocycles. The maximum absolute atomic E-state index is 12.6. The number of halogens is 1. The van der Waals surface area contributed by atoms with Gasteiger partial charge in [0.25, 0.3) is 0 Å². The Balaban J connectivity index is 1.99. The van der Waals surface area contributed by atoms with Crippen LogP contribution in [-0.4, -0.2) is 29.2 Å². The van der Waals surface area contributed by atoms with Crippen molar-refractivity contribution in [3.63, 3.8) is 0 Å². The number of rotatable bonds is 2. The summed E-state index contributed by atoms with van der Waals surface area (Å²) in [7, 11) is 0. The van der Waals surface area contributed by atoms with Gasteiger partial charge in [0.05, 0.1) is 0 Å². The summed E-state index contributed by atoms with van der Waals surface area (Å²) in [5.41, 5.74) is 0.210. The normalized spacial score (nSPS) is 32.8. The molecule has 0 aromatic heterocycles. The van der Waals surface area contributed by atoms with E-state index < -0.39 is 0 Å². The lowest BCUT2D eigenvalue weighted by molar-refractivity contribution is -0.140. The van der Waals surface area contributed by atoms with Crippen molar-refractivity contribution in [1.82, 2.24) is 4.90 Å². The van der Waals surface area contributed by atoms with E-state index in [9.17, 15) is 4.79 Å². The summed E-state index contributed by atoms with van der Waals surface area (Å²) in [5, 5.41) is 1.03. The summed E-state index contributed by atoms with van der Waals surface area (Å²) >= 11 is 3.53. The van der Waals surface area contributed by atoms with Crippen molar-refractivity contribution >= 4 is 21.8 Å². The van der Waals surface area contributed by atoms with Gasteiger partial charge in [-0.25, -0.2) is 0 Å². The van der Waals surface area contributed by atoms with Gasteiger partial charge in [-0.15, -0.1) is 0 Å². The third-order valence-electron chi connectivity index (χ3n) is 4.62. The molecule has 17 heavy (non-hydrogen) atoms. The largest absolute Gasteiger partial charge is 0.342 e. The highest BCUT2D eigenvalue weighted by Crippen LogP contribution is 2.42. The summed E-state index contributed by atoms with van der Waals surface area (Å²) in [5.74, 6) is 1.37. The van der Waals surface area contributed by atoms with Crippen LogP contribution in [0.3, 0.4) is 0 Å². The van der Waals surface area contributed by atoms with Gasteiger partial charge in [0.15, 0.2) is 0 Å². The molecule has 1 aliphatic heterocycles. The van der Waals surface area contributed by atoms with E-state index in [4.69, 9.17) is 0 Å². The molecule has 2 atom stereocenters. The van der Waals surface area contributed by atoms with Crippen LogP contribution < -0.4 is 0 Å². The highest BCUT2D eigenvalue weighted by molar-refractivity contribution is 9.09. The van der Waals surface area contributed by atoms with Crippen molar-refractivity contribution in [2.45, 2.75) is 46.0 Å². The molecule has 1 aliphatic carbocycles. The Labute approximate surface area is 113 Å². The fourth-order valence-electron chi connectivity index (χ4n) is 3.33. The van der Waals surface area contributed by atoms with Crippen molar-refractivity contribution < 1.29 is 4.79 Å². The number of amides is 1. The molecule has 0 spiro atoms. The van der Waals surface area contributed by atoms with Gasteiger partial charge in [-0.05, 0) is 30.6 Å². The van der Waals surface area contributed by atoms with Crippen LogP contribution >= 0.6 is 15.9 Å². The number of nitrogens with zero attached hydrogens (tertiary/aromatic N) is 1. The number of likely N-dealkylation sites (tertiary alicyclic amines) is 1. The first-order chi connectivity index (χ1) is 8.04. The zero-order valence-electron chi connectivity index (χ0n) is 11.0. The molecular weight excluding hydrogens is 278 g/mol. The molecule has 2 unspecified atom stereocenters. The fraction of sp³-hybridized carbons (Fsp3) is 0.929. The van der Waals surface area contributed by atoms with E-state index >= 15 is 0 Å². The second kappa shape index (κ2) is 5.29. The Morgan fingerprint density at radius 1 is 1.35 bits per heavy atom. The summed E-state index contributed by atoms with van der Waals surface area (Å²) in [6, 6.07) is 0. The Hall–Kier alpha value is -0.0500. The van der Waals surface area contributed by atoms with Crippen LogP contribution in [0.25, 0.3) is 0 Å². The van der Waals surface area contributed by atoms with E-state index in [1.54, 1.807) is 0 Å². The molecular formula is C14H24BrNO. The summed E-state index contributed by atoms with van der Waals surface area (Å²) < 4.78 is 0. The van der Waals surface area contributed by atoms with Crippen molar-refractivity contribution in [3.8, 4) is 0 Å². The lowest BCUT2D eigenvalue weighted by Gasteiger charge is -2.39. The Morgan fingerprint density at radius 2 is 2.12 bits per heavy atom. The van der Waals surface area contributed by atoms with E-state index in [1.165, 1.54) is 25.7 Å². The van der Waals surface area contributed by atoms with Crippen molar-refractivity contribution in [1.29, 1.82) is 0 Å². The maximum atomic E-state index is 12.6. The van der Waals surface area contributed by atoms with Crippen LogP contribution in [0.1, 0.15) is 46.0 Å². The number of hydrogen-bond acceptors (Lipinski definition) is 1. The second-order valence-corrected chi connectivity index (χ2v) is 7.03. The lowest BCUT2D eigenvalue weighted by Crippen LogP contribution is -2.42. The van der Waals surface area contributed by atoms with Crippen molar-refractivity contribution in [2.24, 2.45) is 17.3 Å². The molecule has 0 aromatic rings. The van der Waals surface area contributed by atoms with Gasteiger partial charge < -0.3 is 4.90 Å². The van der Waals surface area contributed by atoms with Gasteiger partial charge in [-0.3, -0.25) is 4.79 Å². The molecule has 98 valence electrons. The van der Waals surface area contributed by atoms with Gasteiger partial charge in [0.2, 0.25) is 5.91 Å². The topological polar surface area (TPSA) is 20.3 Å². The predicted octanol–water partition coefficient (Wildman–Crippen LogP) is 3.45. The highest BCUT2D eigenvalue weighted by Gasteiger charge is 2.40. The van der Waals surface area contributed by atoms with E-state index in [2.05, 4.69) is 34.7 Å². The fourth-order valence-corrected chi connectivity index (χ4v) is 3.86. The third kappa shape index (κ3) is 2.86. The maximum Gasteiger partial charge on any atom is 0.226 e. The van der Waals surface area contributed by atoms with Crippen molar-refractivity contribution in [3.05, 3.63) is 0 Å². The minimum absolute atomic E-state index is 0.210. The van der Waals surface area contributed by atoms with Gasteiger partial charge in [-0.2, -0.15) is 0 Å². The van der Waals surface area contributed by atoms with Gasteiger partial charge in [-0.1, -0.05) is 42.6 Å². The third-order valence-corrected chi connectivity index (χ3v) is 5.54. The van der Waals surface area contributed by atoms with Gasteiger partial charge in [0, 0.05) is 24.3 Å². The SMILES string of the molecule is CC1(C)CCCCC1C(=O)N1CCC(CBr)C1. The standard InChI is InChI=1S/C14H24BrNO/c1-14(2)7-4-3-5-12(14)13(17)16-8-6-11(9-15)10-16/h11-12H,3-10H2,1-2H3. The Bertz CT molecular complexity index is 290. The minimum atomic E-state index is 0.210. The molecule has 2 aliphatic rings. The van der Waals surface area contributed by atoms with E-state index in [-0.39, 0.29) is 11.3 Å². The van der Waals surface area contributed by atoms with Crippen LogP contribution in [0.15, 0.2) is 0 Å². The molecule has 1 amide bonds. The smallest absolute Gasteiger partial charge is 0.226 e. The Kier molecular flexibility index (Phi) is 4.17. The average molecular weight is 302 g/mol. The summed E-state index contributed by atoms with van der Waals surface area (Å²) in [6.45, 7) is 6.48. The van der Waals surface area contributed by atoms with Crippen LogP contribution in [0, 0.1) is 17.3 Å². The monoisotopic (exact) mass is 301 g/mol. The first-order valence-corrected chi connectivity index (χ1v) is 8.01. The zero-order valence-corrected chi connectivity index (χ0v) is 12.6. The summed E-state index contributed by atoms with van der Waals surface area (Å²) in [4.78, 5) is 14.7. The molecule has 0 aromatic carbocycles. The lowest BCUT2D eigenvalue weighted by atomic mass is 9.68. The van der Waals surface area contributed by atoms with Crippen LogP contribution in [0.2, 0.25) is 0 Å². The molecule has 2 rings (SSSR count). The predicted molar refractivity (Wildman–Crippen MR) is 74.2 cm³/mol. The summed E-state index contributed by atoms with van der Waals surface area (Å²) in [6.07, 6.45) is 6.00. The van der Waals surface area contributed by atoms with Gasteiger partial charge >= 0.3 is 0 Å². The van der Waals surface area contributed by atoms with Crippen molar-refractivity contribution in [2.75, 3.05) is 18.4 Å². The second-order valence-electron chi connectivity index (χ2n) is 6.38. The first-order valence-electron chi connectivity index (χ1n) is 6.89. The molecule has 0 N–H and O–H groups in total. The molecule has 1 saturated heterocycles. The van der Waals surface area contributed by atoms with Crippen LogP contribution in [-0.2, 0) is 4.79 Å². The van der Waals surface area contributed by atoms with E-state index in [1.807, 2.05) is 0 Å². The molecule has 0 radical (unpaired) electrons. The first kappa shape index (κ1) is 13.4.